The highest BCUT2D eigenvalue weighted by Gasteiger charge is 2.24. The first-order valence-corrected chi connectivity index (χ1v) is 10.9. The summed E-state index contributed by atoms with van der Waals surface area (Å²) < 4.78 is 5.80. The van der Waals surface area contributed by atoms with Gasteiger partial charge in [0, 0.05) is 11.6 Å². The van der Waals surface area contributed by atoms with E-state index in [1.54, 1.807) is 0 Å². The smallest absolute Gasteiger partial charge is 0.258 e. The van der Waals surface area contributed by atoms with Gasteiger partial charge in [-0.3, -0.25) is 9.69 Å². The third-order valence-electron chi connectivity index (χ3n) is 5.59. The molecule has 0 unspecified atom stereocenters. The number of benzene rings is 2. The Hall–Kier alpha value is -2.04. The molecular formula is C24H31ClN2O2. The molecule has 1 heterocycles. The molecule has 2 aromatic carbocycles. The van der Waals surface area contributed by atoms with Gasteiger partial charge in [-0.15, -0.1) is 0 Å². The molecule has 0 aliphatic carbocycles. The summed E-state index contributed by atoms with van der Waals surface area (Å²) in [6, 6.07) is 14.0. The number of hydrogen-bond acceptors (Lipinski definition) is 3. The van der Waals surface area contributed by atoms with E-state index in [4.69, 9.17) is 16.3 Å². The van der Waals surface area contributed by atoms with Gasteiger partial charge in [-0.2, -0.15) is 0 Å². The summed E-state index contributed by atoms with van der Waals surface area (Å²) >= 11 is 6.51. The highest BCUT2D eigenvalue weighted by molar-refractivity contribution is 6.31. The minimum Gasteiger partial charge on any atom is -0.483 e. The molecular weight excluding hydrogens is 384 g/mol. The molecule has 1 saturated heterocycles. The van der Waals surface area contributed by atoms with Crippen LogP contribution in [0.15, 0.2) is 42.5 Å². The Kier molecular flexibility index (Phi) is 7.96. The summed E-state index contributed by atoms with van der Waals surface area (Å²) in [6.07, 6.45) is 4.90. The molecule has 4 nitrogen and oxygen atoms in total. The van der Waals surface area contributed by atoms with Crippen molar-refractivity contribution in [2.45, 2.75) is 45.6 Å². The molecule has 0 aromatic heterocycles. The van der Waals surface area contributed by atoms with E-state index in [1.165, 1.54) is 25.7 Å². The number of likely N-dealkylation sites (tertiary alicyclic amines) is 1. The van der Waals surface area contributed by atoms with Crippen molar-refractivity contribution < 1.29 is 9.53 Å². The normalized spacial score (nSPS) is 16.1. The molecule has 2 aromatic rings. The van der Waals surface area contributed by atoms with Crippen LogP contribution in [0.5, 0.6) is 5.75 Å². The lowest BCUT2D eigenvalue weighted by Crippen LogP contribution is -2.40. The van der Waals surface area contributed by atoms with Crippen LogP contribution in [-0.2, 0) is 4.79 Å². The molecule has 1 atom stereocenters. The fourth-order valence-electron chi connectivity index (χ4n) is 4.01. The van der Waals surface area contributed by atoms with E-state index < -0.39 is 0 Å². The van der Waals surface area contributed by atoms with Crippen LogP contribution in [0.4, 0.5) is 0 Å². The molecule has 0 saturated carbocycles. The van der Waals surface area contributed by atoms with E-state index in [0.29, 0.717) is 6.54 Å². The number of nitrogens with one attached hydrogen (secondary N) is 1. The van der Waals surface area contributed by atoms with Crippen LogP contribution in [0.3, 0.4) is 0 Å². The van der Waals surface area contributed by atoms with Gasteiger partial charge in [0.05, 0.1) is 6.04 Å². The topological polar surface area (TPSA) is 41.6 Å². The predicted octanol–water partition coefficient (Wildman–Crippen LogP) is 5.07. The van der Waals surface area contributed by atoms with Crippen LogP contribution in [0.2, 0.25) is 5.02 Å². The van der Waals surface area contributed by atoms with Crippen molar-refractivity contribution >= 4 is 17.5 Å². The predicted molar refractivity (Wildman–Crippen MR) is 119 cm³/mol. The van der Waals surface area contributed by atoms with Crippen molar-refractivity contribution in [3.05, 3.63) is 64.2 Å². The molecule has 0 radical (unpaired) electrons. The first-order chi connectivity index (χ1) is 14.1. The van der Waals surface area contributed by atoms with E-state index in [9.17, 15) is 4.79 Å². The number of nitrogens with zero attached hydrogens (tertiary/aromatic N) is 1. The molecule has 0 bridgehead atoms. The maximum Gasteiger partial charge on any atom is 0.258 e. The number of halogens is 1. The second-order valence-corrected chi connectivity index (χ2v) is 8.21. The molecule has 1 N–H and O–H groups in total. The Morgan fingerprint density at radius 2 is 1.69 bits per heavy atom. The number of ether oxygens (including phenoxy) is 1. The van der Waals surface area contributed by atoms with Gasteiger partial charge in [0.15, 0.2) is 6.61 Å². The van der Waals surface area contributed by atoms with Crippen LogP contribution in [0.1, 0.15) is 48.4 Å². The van der Waals surface area contributed by atoms with Gasteiger partial charge in [-0.05, 0) is 62.5 Å². The molecule has 156 valence electrons. The van der Waals surface area contributed by atoms with Crippen molar-refractivity contribution in [2.75, 3.05) is 26.2 Å². The summed E-state index contributed by atoms with van der Waals surface area (Å²) in [7, 11) is 0. The van der Waals surface area contributed by atoms with Gasteiger partial charge in [0.1, 0.15) is 5.75 Å². The molecule has 1 fully saturated rings. The first kappa shape index (κ1) is 21.7. The van der Waals surface area contributed by atoms with E-state index in [-0.39, 0.29) is 18.6 Å². The van der Waals surface area contributed by atoms with E-state index in [2.05, 4.69) is 16.3 Å². The number of carbonyl (C=O) groups is 1. The summed E-state index contributed by atoms with van der Waals surface area (Å²) in [5.74, 6) is 0.678. The van der Waals surface area contributed by atoms with Crippen molar-refractivity contribution in [2.24, 2.45) is 0 Å². The van der Waals surface area contributed by atoms with Crippen molar-refractivity contribution in [3.63, 3.8) is 0 Å². The fraction of sp³-hybridized carbons (Fsp3) is 0.458. The maximum absolute atomic E-state index is 12.5. The third-order valence-corrected chi connectivity index (χ3v) is 5.94. The number of aryl methyl sites for hydroxylation is 2. The minimum absolute atomic E-state index is 0.0148. The third kappa shape index (κ3) is 5.97. The Morgan fingerprint density at radius 3 is 2.34 bits per heavy atom. The second-order valence-electron chi connectivity index (χ2n) is 7.80. The molecule has 1 aliphatic rings. The average molecular weight is 415 g/mol. The summed E-state index contributed by atoms with van der Waals surface area (Å²) in [6.45, 7) is 6.59. The number of hydrogen-bond donors (Lipinski definition) is 1. The van der Waals surface area contributed by atoms with Crippen LogP contribution in [0, 0.1) is 13.8 Å². The molecule has 3 rings (SSSR count). The molecule has 5 heteroatoms. The second kappa shape index (κ2) is 10.7. The minimum atomic E-state index is -0.112. The summed E-state index contributed by atoms with van der Waals surface area (Å²) in [5, 5.41) is 3.82. The lowest BCUT2D eigenvalue weighted by molar-refractivity contribution is -0.123. The largest absolute Gasteiger partial charge is 0.483 e. The zero-order valence-corrected chi connectivity index (χ0v) is 18.2. The maximum atomic E-state index is 12.5. The Balaban J connectivity index is 1.64. The Labute approximate surface area is 179 Å². The number of para-hydroxylation sites is 1. The van der Waals surface area contributed by atoms with Crippen LogP contribution >= 0.6 is 11.6 Å². The summed E-state index contributed by atoms with van der Waals surface area (Å²) in [4.78, 5) is 15.0. The van der Waals surface area contributed by atoms with Crippen LogP contribution < -0.4 is 10.1 Å². The molecule has 29 heavy (non-hydrogen) atoms. The van der Waals surface area contributed by atoms with Gasteiger partial charge in [0.25, 0.3) is 5.91 Å². The van der Waals surface area contributed by atoms with Crippen molar-refractivity contribution in [1.82, 2.24) is 10.2 Å². The van der Waals surface area contributed by atoms with Crippen molar-refractivity contribution in [1.29, 1.82) is 0 Å². The lowest BCUT2D eigenvalue weighted by atomic mass is 10.0. The van der Waals surface area contributed by atoms with Gasteiger partial charge < -0.3 is 10.1 Å². The molecule has 1 aliphatic heterocycles. The van der Waals surface area contributed by atoms with E-state index in [1.807, 2.05) is 50.2 Å². The van der Waals surface area contributed by atoms with Gasteiger partial charge in [0.2, 0.25) is 0 Å². The molecule has 1 amide bonds. The number of rotatable bonds is 7. The van der Waals surface area contributed by atoms with Crippen LogP contribution in [0.25, 0.3) is 0 Å². The average Bonchev–Trinajstić information content (AvgIpc) is 2.98. The Morgan fingerprint density at radius 1 is 1.03 bits per heavy atom. The van der Waals surface area contributed by atoms with Crippen LogP contribution in [-0.4, -0.2) is 37.0 Å². The van der Waals surface area contributed by atoms with Gasteiger partial charge in [-0.25, -0.2) is 0 Å². The van der Waals surface area contributed by atoms with E-state index in [0.717, 1.165) is 40.6 Å². The SMILES string of the molecule is Cc1cccc(C)c1OCC(=O)NC[C@H](c1ccccc1Cl)N1CCCCCC1. The zero-order chi connectivity index (χ0) is 20.6. The standard InChI is InChI=1S/C24H31ClN2O2/c1-18-10-9-11-19(2)24(18)29-17-23(28)26-16-22(20-12-5-6-13-21(20)25)27-14-7-3-4-8-15-27/h5-6,9-13,22H,3-4,7-8,14-17H2,1-2H3,(H,26,28)/t22-/m1/s1. The van der Waals surface area contributed by atoms with Gasteiger partial charge in [-0.1, -0.05) is 60.8 Å². The number of amides is 1. The highest BCUT2D eigenvalue weighted by atomic mass is 35.5. The first-order valence-electron chi connectivity index (χ1n) is 10.5. The highest BCUT2D eigenvalue weighted by Crippen LogP contribution is 2.29. The van der Waals surface area contributed by atoms with E-state index >= 15 is 0 Å². The zero-order valence-electron chi connectivity index (χ0n) is 17.4. The fourth-order valence-corrected chi connectivity index (χ4v) is 4.28. The lowest BCUT2D eigenvalue weighted by Gasteiger charge is -2.31. The quantitative estimate of drug-likeness (QED) is 0.687. The monoisotopic (exact) mass is 414 g/mol. The summed E-state index contributed by atoms with van der Waals surface area (Å²) in [5.41, 5.74) is 3.15. The number of carbonyl (C=O) groups excluding carboxylic acids is 1. The van der Waals surface area contributed by atoms with Crippen molar-refractivity contribution in [3.8, 4) is 5.75 Å². The Bertz CT molecular complexity index is 796. The molecule has 0 spiro atoms. The van der Waals surface area contributed by atoms with Gasteiger partial charge >= 0.3 is 0 Å².